The Morgan fingerprint density at radius 1 is 1.11 bits per heavy atom. The second-order valence-corrected chi connectivity index (χ2v) is 20.7. The van der Waals surface area contributed by atoms with Gasteiger partial charge in [0.15, 0.2) is 5.82 Å². The van der Waals surface area contributed by atoms with E-state index in [9.17, 15) is 26.4 Å². The van der Waals surface area contributed by atoms with Crippen molar-refractivity contribution in [3.63, 3.8) is 0 Å². The number of amides is 1. The third kappa shape index (κ3) is 6.76. The molecule has 1 amide bonds. The van der Waals surface area contributed by atoms with Crippen LogP contribution in [-0.4, -0.2) is 62.0 Å². The molecule has 2 aliphatic rings. The molecule has 1 aliphatic heterocycles. The number of nitrogens with zero attached hydrogens (tertiary/aromatic N) is 4. The maximum atomic E-state index is 13.8. The third-order valence-electron chi connectivity index (χ3n) is 8.71. The number of halogens is 3. The van der Waals surface area contributed by atoms with E-state index in [1.807, 2.05) is 4.90 Å². The van der Waals surface area contributed by atoms with Gasteiger partial charge in [0.1, 0.15) is 5.82 Å². The number of benzene rings is 1. The van der Waals surface area contributed by atoms with E-state index in [1.54, 1.807) is 36.5 Å². The van der Waals surface area contributed by atoms with Crippen molar-refractivity contribution < 1.29 is 31.1 Å². The van der Waals surface area contributed by atoms with E-state index >= 15 is 0 Å². The van der Waals surface area contributed by atoms with Gasteiger partial charge in [0, 0.05) is 24.3 Å². The zero-order chi connectivity index (χ0) is 33.0. The van der Waals surface area contributed by atoms with Gasteiger partial charge in [-0.3, -0.25) is 4.79 Å². The van der Waals surface area contributed by atoms with Gasteiger partial charge in [0.2, 0.25) is 5.88 Å². The lowest BCUT2D eigenvalue weighted by Gasteiger charge is -2.35. The van der Waals surface area contributed by atoms with Crippen LogP contribution in [-0.2, 0) is 10.0 Å². The molecule has 0 spiro atoms. The normalized spacial score (nSPS) is 19.4. The first-order valence-corrected chi connectivity index (χ1v) is 20.0. The van der Waals surface area contributed by atoms with Crippen LogP contribution in [0.2, 0.25) is 19.6 Å². The van der Waals surface area contributed by atoms with Gasteiger partial charge in [0.05, 0.1) is 30.6 Å². The molecule has 0 radical (unpaired) electrons. The molecule has 3 heterocycles. The highest BCUT2D eigenvalue weighted by Gasteiger charge is 2.62. The summed E-state index contributed by atoms with van der Waals surface area (Å²) < 4.78 is 75.8. The summed E-state index contributed by atoms with van der Waals surface area (Å²) in [6.07, 6.45) is -1.69. The summed E-state index contributed by atoms with van der Waals surface area (Å²) in [5.41, 5.74) is -1.91. The van der Waals surface area contributed by atoms with E-state index in [0.717, 1.165) is 11.6 Å². The summed E-state index contributed by atoms with van der Waals surface area (Å²) in [5, 5.41) is 5.26. The molecule has 1 atom stereocenters. The maximum Gasteiger partial charge on any atom is 0.394 e. The van der Waals surface area contributed by atoms with E-state index in [1.165, 1.54) is 16.8 Å². The molecule has 9 nitrogen and oxygen atoms in total. The topological polar surface area (TPSA) is 106 Å². The summed E-state index contributed by atoms with van der Waals surface area (Å²) >= 11 is 0. The van der Waals surface area contributed by atoms with Gasteiger partial charge in [-0.25, -0.2) is 22.8 Å². The van der Waals surface area contributed by atoms with Gasteiger partial charge in [0.25, 0.3) is 15.9 Å². The minimum Gasteiger partial charge on any atom is -0.477 e. The average molecular weight is 664 g/mol. The van der Waals surface area contributed by atoms with Crippen molar-refractivity contribution in [1.29, 1.82) is 0 Å². The van der Waals surface area contributed by atoms with E-state index in [2.05, 4.69) is 50.2 Å². The second kappa shape index (κ2) is 11.4. The Balaban J connectivity index is 1.54. The van der Waals surface area contributed by atoms with Crippen LogP contribution in [0, 0.1) is 11.3 Å². The van der Waals surface area contributed by atoms with Crippen molar-refractivity contribution in [1.82, 2.24) is 19.5 Å². The summed E-state index contributed by atoms with van der Waals surface area (Å²) in [7, 11) is -6.42. The van der Waals surface area contributed by atoms with Crippen LogP contribution in [0.15, 0.2) is 53.6 Å². The van der Waals surface area contributed by atoms with Crippen LogP contribution in [0.1, 0.15) is 56.8 Å². The zero-order valence-corrected chi connectivity index (χ0v) is 28.2. The monoisotopic (exact) mass is 663 g/mol. The molecule has 1 N–H and O–H groups in total. The van der Waals surface area contributed by atoms with Gasteiger partial charge in [-0.1, -0.05) is 44.8 Å². The van der Waals surface area contributed by atoms with Gasteiger partial charge >= 0.3 is 6.18 Å². The first-order valence-electron chi connectivity index (χ1n) is 15.0. The summed E-state index contributed by atoms with van der Waals surface area (Å²) in [4.78, 5) is 20.9. The number of nitrogens with one attached hydrogen (secondary N) is 1. The van der Waals surface area contributed by atoms with Gasteiger partial charge < -0.3 is 9.64 Å². The number of rotatable bonds is 10. The number of hydrogen-bond donors (Lipinski definition) is 1. The Labute approximate surface area is 263 Å². The fourth-order valence-electron chi connectivity index (χ4n) is 6.07. The molecule has 1 aromatic carbocycles. The lowest BCUT2D eigenvalue weighted by atomic mass is 9.97. The number of hydrogen-bond acceptors (Lipinski definition) is 7. The predicted octanol–water partition coefficient (Wildman–Crippen LogP) is 5.67. The molecule has 2 fully saturated rings. The Kier molecular flexibility index (Phi) is 8.39. The first-order chi connectivity index (χ1) is 20.8. The number of carbonyl (C=O) groups excluding carboxylic acids is 1. The van der Waals surface area contributed by atoms with E-state index < -0.39 is 35.6 Å². The quantitative estimate of drug-likeness (QED) is 0.279. The molecule has 45 heavy (non-hydrogen) atoms. The van der Waals surface area contributed by atoms with Gasteiger partial charge in [-0.05, 0) is 68.8 Å². The molecule has 0 unspecified atom stereocenters. The fraction of sp³-hybridized carbons (Fsp3) is 0.516. The van der Waals surface area contributed by atoms with Crippen LogP contribution in [0.5, 0.6) is 5.88 Å². The fourth-order valence-corrected chi connectivity index (χ4v) is 8.47. The number of carbonyl (C=O) groups is 1. The number of aromatic nitrogens is 3. The van der Waals surface area contributed by atoms with Crippen molar-refractivity contribution in [2.24, 2.45) is 11.3 Å². The van der Waals surface area contributed by atoms with E-state index in [4.69, 9.17) is 9.72 Å². The summed E-state index contributed by atoms with van der Waals surface area (Å²) in [6.45, 7) is 12.9. The maximum absolute atomic E-state index is 13.8. The minimum absolute atomic E-state index is 0.0306. The first kappa shape index (κ1) is 33.0. The molecule has 1 aliphatic carbocycles. The van der Waals surface area contributed by atoms with Gasteiger partial charge in [-0.2, -0.15) is 13.2 Å². The molecular formula is C31H40F3N5O4SSi. The van der Waals surface area contributed by atoms with Gasteiger partial charge in [-0.15, -0.1) is 5.10 Å². The lowest BCUT2D eigenvalue weighted by molar-refractivity contribution is -0.190. The number of ether oxygens (including phenoxy) is 1. The highest BCUT2D eigenvalue weighted by Crippen LogP contribution is 2.59. The zero-order valence-electron chi connectivity index (χ0n) is 26.4. The standard InChI is InChI=1S/C31H40F3N5O4SSi/c1-21-19-29(2,3)38(20-21)26-23(28(40)37-44(41,42)22-10-8-7-9-11-22)18-24(45(4,5)6)27(35-26)39-16-12-25(36-39)43-17-15-30(13-14-30)31(32,33)34/h7-12,16,18,21H,13-15,17,19-20H2,1-6H3,(H,37,40)/t21-/m0/s1. The Hall–Kier alpha value is -3.39. The smallest absolute Gasteiger partial charge is 0.394 e. The van der Waals surface area contributed by atoms with Crippen LogP contribution in [0.3, 0.4) is 0 Å². The molecule has 14 heteroatoms. The largest absolute Gasteiger partial charge is 0.477 e. The highest BCUT2D eigenvalue weighted by molar-refractivity contribution is 7.90. The lowest BCUT2D eigenvalue weighted by Crippen LogP contribution is -2.45. The molecule has 1 saturated heterocycles. The molecule has 2 aromatic heterocycles. The van der Waals surface area contributed by atoms with E-state index in [0.29, 0.717) is 24.1 Å². The Morgan fingerprint density at radius 2 is 1.78 bits per heavy atom. The van der Waals surface area contributed by atoms with E-state index in [-0.39, 0.29) is 47.7 Å². The second-order valence-electron chi connectivity index (χ2n) is 13.9. The minimum atomic E-state index is -4.25. The van der Waals surface area contributed by atoms with Crippen LogP contribution in [0.4, 0.5) is 19.0 Å². The molecular weight excluding hydrogens is 624 g/mol. The number of alkyl halides is 3. The van der Waals surface area contributed by atoms with Crippen LogP contribution in [0.25, 0.3) is 5.82 Å². The number of anilines is 1. The van der Waals surface area contributed by atoms with Crippen molar-refractivity contribution in [3.05, 3.63) is 54.2 Å². The number of pyridine rings is 1. The van der Waals surface area contributed by atoms with Crippen molar-refractivity contribution in [2.75, 3.05) is 18.1 Å². The molecule has 1 saturated carbocycles. The molecule has 5 rings (SSSR count). The van der Waals surface area contributed by atoms with Crippen LogP contribution < -0.4 is 19.5 Å². The molecule has 3 aromatic rings. The van der Waals surface area contributed by atoms with Crippen molar-refractivity contribution in [2.45, 2.75) is 82.7 Å². The Morgan fingerprint density at radius 3 is 2.33 bits per heavy atom. The molecule has 244 valence electrons. The Bertz CT molecular complexity index is 1680. The summed E-state index contributed by atoms with van der Waals surface area (Å²) in [6, 6.07) is 11.0. The SMILES string of the molecule is C[C@@H]1CN(c2nc(-n3ccc(OCCC4(C(F)(F)F)CC4)n3)c([Si](C)(C)C)cc2C(=O)NS(=O)(=O)c2ccccc2)C(C)(C)C1. The summed E-state index contributed by atoms with van der Waals surface area (Å²) in [5.74, 6) is 0.475. The average Bonchev–Trinajstić information content (AvgIpc) is 3.50. The molecule has 0 bridgehead atoms. The van der Waals surface area contributed by atoms with Crippen LogP contribution >= 0.6 is 0 Å². The van der Waals surface area contributed by atoms with Crippen molar-refractivity contribution >= 4 is 35.0 Å². The highest BCUT2D eigenvalue weighted by atomic mass is 32.2. The predicted molar refractivity (Wildman–Crippen MR) is 168 cm³/mol. The number of sulfonamides is 1. The van der Waals surface area contributed by atoms with Crippen molar-refractivity contribution in [3.8, 4) is 11.7 Å². The third-order valence-corrected chi connectivity index (χ3v) is 12.0.